The minimum Gasteiger partial charge on any atom is -0.493 e. The summed E-state index contributed by atoms with van der Waals surface area (Å²) >= 11 is 0. The topological polar surface area (TPSA) is 55.8 Å². The summed E-state index contributed by atoms with van der Waals surface area (Å²) in [6.07, 6.45) is 0.722. The highest BCUT2D eigenvalue weighted by atomic mass is 32.2. The Balaban J connectivity index is 1.91. The van der Waals surface area contributed by atoms with E-state index in [0.717, 1.165) is 17.7 Å². The van der Waals surface area contributed by atoms with E-state index < -0.39 is 10.0 Å². The van der Waals surface area contributed by atoms with Gasteiger partial charge in [0.15, 0.2) is 0 Å². The first-order valence-electron chi connectivity index (χ1n) is 6.45. The molecule has 2 aliphatic heterocycles. The van der Waals surface area contributed by atoms with Crippen molar-refractivity contribution in [3.05, 3.63) is 23.8 Å². The lowest BCUT2D eigenvalue weighted by molar-refractivity contribution is 0.0102. The van der Waals surface area contributed by atoms with Gasteiger partial charge in [-0.25, -0.2) is 8.42 Å². The lowest BCUT2D eigenvalue weighted by Crippen LogP contribution is -2.44. The smallest absolute Gasteiger partial charge is 0.243 e. The number of morpholine rings is 1. The van der Waals surface area contributed by atoms with Crippen molar-refractivity contribution in [1.29, 1.82) is 0 Å². The maximum atomic E-state index is 12.6. The van der Waals surface area contributed by atoms with Gasteiger partial charge < -0.3 is 9.47 Å². The molecule has 104 valence electrons. The van der Waals surface area contributed by atoms with E-state index in [0.29, 0.717) is 31.2 Å². The third-order valence-corrected chi connectivity index (χ3v) is 5.36. The van der Waals surface area contributed by atoms with Gasteiger partial charge in [-0.15, -0.1) is 0 Å². The Hall–Kier alpha value is -1.11. The highest BCUT2D eigenvalue weighted by Crippen LogP contribution is 2.29. The SMILES string of the molecule is C[C@H]1CN(S(=O)(=O)c2ccc3c(c2)CCO3)CCO1. The molecule has 0 saturated carbocycles. The number of nitrogens with zero attached hydrogens (tertiary/aromatic N) is 1. The molecule has 6 heteroatoms. The summed E-state index contributed by atoms with van der Waals surface area (Å²) in [5.74, 6) is 0.800. The zero-order valence-corrected chi connectivity index (χ0v) is 11.6. The second-order valence-electron chi connectivity index (χ2n) is 4.91. The van der Waals surface area contributed by atoms with Gasteiger partial charge >= 0.3 is 0 Å². The second-order valence-corrected chi connectivity index (χ2v) is 6.85. The number of hydrogen-bond acceptors (Lipinski definition) is 4. The van der Waals surface area contributed by atoms with E-state index in [4.69, 9.17) is 9.47 Å². The van der Waals surface area contributed by atoms with E-state index >= 15 is 0 Å². The quantitative estimate of drug-likeness (QED) is 0.813. The molecule has 1 aromatic rings. The molecule has 2 aliphatic rings. The van der Waals surface area contributed by atoms with Crippen LogP contribution in [0.2, 0.25) is 0 Å². The molecule has 0 aliphatic carbocycles. The van der Waals surface area contributed by atoms with Crippen molar-refractivity contribution in [2.75, 3.05) is 26.3 Å². The van der Waals surface area contributed by atoms with Crippen molar-refractivity contribution in [2.45, 2.75) is 24.3 Å². The predicted molar refractivity (Wildman–Crippen MR) is 69.8 cm³/mol. The van der Waals surface area contributed by atoms with Gasteiger partial charge in [-0.2, -0.15) is 4.31 Å². The molecule has 1 atom stereocenters. The molecule has 5 nitrogen and oxygen atoms in total. The normalized spacial score (nSPS) is 23.9. The number of fused-ring (bicyclic) bond motifs is 1. The maximum Gasteiger partial charge on any atom is 0.243 e. The largest absolute Gasteiger partial charge is 0.493 e. The highest BCUT2D eigenvalue weighted by molar-refractivity contribution is 7.89. The molecule has 1 saturated heterocycles. The van der Waals surface area contributed by atoms with Crippen LogP contribution in [0, 0.1) is 0 Å². The molecule has 0 N–H and O–H groups in total. The van der Waals surface area contributed by atoms with Crippen LogP contribution in [-0.2, 0) is 21.2 Å². The van der Waals surface area contributed by atoms with Crippen molar-refractivity contribution in [2.24, 2.45) is 0 Å². The number of sulfonamides is 1. The van der Waals surface area contributed by atoms with Gasteiger partial charge in [-0.1, -0.05) is 0 Å². The molecule has 0 aromatic heterocycles. The average molecular weight is 283 g/mol. The van der Waals surface area contributed by atoms with Gasteiger partial charge in [0.1, 0.15) is 5.75 Å². The van der Waals surface area contributed by atoms with E-state index in [9.17, 15) is 8.42 Å². The molecular formula is C13H17NO4S. The van der Waals surface area contributed by atoms with Gasteiger partial charge in [0, 0.05) is 19.5 Å². The van der Waals surface area contributed by atoms with Crippen LogP contribution < -0.4 is 4.74 Å². The summed E-state index contributed by atoms with van der Waals surface area (Å²) in [6, 6.07) is 5.11. The summed E-state index contributed by atoms with van der Waals surface area (Å²) in [7, 11) is -3.42. The molecule has 3 rings (SSSR count). The van der Waals surface area contributed by atoms with Crippen LogP contribution in [0.5, 0.6) is 5.75 Å². The number of rotatable bonds is 2. The molecule has 1 fully saturated rings. The van der Waals surface area contributed by atoms with Gasteiger partial charge in [-0.3, -0.25) is 0 Å². The van der Waals surface area contributed by atoms with Crippen molar-refractivity contribution < 1.29 is 17.9 Å². The van der Waals surface area contributed by atoms with Crippen molar-refractivity contribution >= 4 is 10.0 Å². The first kappa shape index (κ1) is 12.9. The minimum atomic E-state index is -3.42. The highest BCUT2D eigenvalue weighted by Gasteiger charge is 2.30. The number of ether oxygens (including phenoxy) is 2. The molecule has 2 heterocycles. The van der Waals surface area contributed by atoms with Crippen molar-refractivity contribution in [3.8, 4) is 5.75 Å². The standard InChI is InChI=1S/C13H17NO4S/c1-10-9-14(5-7-17-10)19(15,16)12-2-3-13-11(8-12)4-6-18-13/h2-3,8,10H,4-7,9H2,1H3/t10-/m0/s1. The van der Waals surface area contributed by atoms with Crippen molar-refractivity contribution in [3.63, 3.8) is 0 Å². The third-order valence-electron chi connectivity index (χ3n) is 3.50. The summed E-state index contributed by atoms with van der Waals surface area (Å²) in [5, 5.41) is 0. The van der Waals surface area contributed by atoms with Gasteiger partial charge in [-0.05, 0) is 30.7 Å². The maximum absolute atomic E-state index is 12.6. The van der Waals surface area contributed by atoms with Crippen LogP contribution in [0.3, 0.4) is 0 Å². The Morgan fingerprint density at radius 3 is 2.95 bits per heavy atom. The zero-order chi connectivity index (χ0) is 13.5. The Bertz CT molecular complexity index is 584. The molecule has 0 bridgehead atoms. The summed E-state index contributed by atoms with van der Waals surface area (Å²) < 4.78 is 37.4. The van der Waals surface area contributed by atoms with Crippen LogP contribution in [-0.4, -0.2) is 45.1 Å². The Kier molecular flexibility index (Phi) is 3.24. The first-order chi connectivity index (χ1) is 9.07. The Labute approximate surface area is 113 Å². The van der Waals surface area contributed by atoms with Crippen LogP contribution in [0.15, 0.2) is 23.1 Å². The fraction of sp³-hybridized carbons (Fsp3) is 0.538. The second kappa shape index (κ2) is 4.77. The molecule has 0 unspecified atom stereocenters. The Morgan fingerprint density at radius 1 is 1.32 bits per heavy atom. The van der Waals surface area contributed by atoms with Crippen molar-refractivity contribution in [1.82, 2.24) is 4.31 Å². The lowest BCUT2D eigenvalue weighted by Gasteiger charge is -2.30. The van der Waals surface area contributed by atoms with Gasteiger partial charge in [0.2, 0.25) is 10.0 Å². The van der Waals surface area contributed by atoms with Crippen LogP contribution in [0.1, 0.15) is 12.5 Å². The minimum absolute atomic E-state index is 0.0544. The predicted octanol–water partition coefficient (Wildman–Crippen LogP) is 1.03. The number of benzene rings is 1. The van der Waals surface area contributed by atoms with Crippen LogP contribution in [0.25, 0.3) is 0 Å². The Morgan fingerprint density at radius 2 is 2.16 bits per heavy atom. The fourth-order valence-electron chi connectivity index (χ4n) is 2.48. The van der Waals surface area contributed by atoms with Gasteiger partial charge in [0.05, 0.1) is 24.2 Å². The average Bonchev–Trinajstić information content (AvgIpc) is 2.85. The fourth-order valence-corrected chi connectivity index (χ4v) is 4.03. The van der Waals surface area contributed by atoms with Crippen LogP contribution >= 0.6 is 0 Å². The molecule has 0 radical (unpaired) electrons. The summed E-state index contributed by atoms with van der Waals surface area (Å²) in [6.45, 7) is 3.80. The van der Waals surface area contributed by atoms with E-state index in [1.54, 1.807) is 18.2 Å². The van der Waals surface area contributed by atoms with E-state index in [1.165, 1.54) is 4.31 Å². The molecular weight excluding hydrogens is 266 g/mol. The number of hydrogen-bond donors (Lipinski definition) is 0. The zero-order valence-electron chi connectivity index (χ0n) is 10.8. The van der Waals surface area contributed by atoms with Crippen LogP contribution in [0.4, 0.5) is 0 Å². The lowest BCUT2D eigenvalue weighted by atomic mass is 10.2. The molecule has 19 heavy (non-hydrogen) atoms. The third kappa shape index (κ3) is 2.35. The van der Waals surface area contributed by atoms with E-state index in [2.05, 4.69) is 0 Å². The summed E-state index contributed by atoms with van der Waals surface area (Å²) in [4.78, 5) is 0.353. The molecule has 1 aromatic carbocycles. The van der Waals surface area contributed by atoms with E-state index in [-0.39, 0.29) is 6.10 Å². The van der Waals surface area contributed by atoms with Gasteiger partial charge in [0.25, 0.3) is 0 Å². The van der Waals surface area contributed by atoms with E-state index in [1.807, 2.05) is 6.92 Å². The summed E-state index contributed by atoms with van der Waals surface area (Å²) in [5.41, 5.74) is 0.974. The monoisotopic (exact) mass is 283 g/mol. The molecule has 0 spiro atoms. The first-order valence-corrected chi connectivity index (χ1v) is 7.89. The molecule has 0 amide bonds.